The molecule has 1 aliphatic carbocycles. The van der Waals surface area contributed by atoms with Gasteiger partial charge in [0.25, 0.3) is 5.79 Å². The number of halogens is 1. The molecule has 0 radical (unpaired) electrons. The molecule has 1 aromatic carbocycles. The van der Waals surface area contributed by atoms with Crippen molar-refractivity contribution in [3.8, 4) is 5.75 Å². The monoisotopic (exact) mass is 499 g/mol. The van der Waals surface area contributed by atoms with E-state index in [1.54, 1.807) is 18.3 Å². The molecule has 1 saturated heterocycles. The number of nitrogens with one attached hydrogen (secondary N) is 2. The van der Waals surface area contributed by atoms with Crippen LogP contribution in [0.3, 0.4) is 0 Å². The Balaban J connectivity index is 1.35. The van der Waals surface area contributed by atoms with E-state index in [0.29, 0.717) is 35.8 Å². The molecule has 35 heavy (non-hydrogen) atoms. The number of nitrogens with zero attached hydrogens (tertiary/aromatic N) is 1. The summed E-state index contributed by atoms with van der Waals surface area (Å²) in [5.41, 5.74) is 3.03. The first-order chi connectivity index (χ1) is 17.0. The fraction of sp³-hybridized carbons (Fsp3) is 0.500. The van der Waals surface area contributed by atoms with Gasteiger partial charge in [-0.05, 0) is 68.5 Å². The maximum Gasteiger partial charge on any atom is 0.309 e. The number of fused-ring (bicyclic) bond motifs is 2. The van der Waals surface area contributed by atoms with Crippen LogP contribution in [0.1, 0.15) is 61.8 Å². The van der Waals surface area contributed by atoms with Gasteiger partial charge < -0.3 is 24.8 Å². The Morgan fingerprint density at radius 3 is 2.54 bits per heavy atom. The van der Waals surface area contributed by atoms with E-state index in [9.17, 15) is 9.59 Å². The van der Waals surface area contributed by atoms with Gasteiger partial charge in [0.15, 0.2) is 0 Å². The predicted octanol–water partition coefficient (Wildman–Crippen LogP) is 4.24. The third-order valence-corrected chi connectivity index (χ3v) is 7.09. The van der Waals surface area contributed by atoms with Crippen LogP contribution in [0.5, 0.6) is 5.75 Å². The van der Waals surface area contributed by atoms with E-state index < -0.39 is 17.7 Å². The summed E-state index contributed by atoms with van der Waals surface area (Å²) in [4.78, 5) is 29.1. The summed E-state index contributed by atoms with van der Waals surface area (Å²) in [6.45, 7) is 1.24. The molecule has 186 valence electrons. The first-order valence-electron chi connectivity index (χ1n) is 12.3. The molecule has 1 saturated carbocycles. The van der Waals surface area contributed by atoms with Gasteiger partial charge in [0.05, 0.1) is 54.6 Å². The summed E-state index contributed by atoms with van der Waals surface area (Å²) in [6, 6.07) is 7.40. The maximum atomic E-state index is 12.3. The Labute approximate surface area is 209 Å². The van der Waals surface area contributed by atoms with Gasteiger partial charge >= 0.3 is 11.9 Å². The number of aromatic nitrogens is 1. The molecule has 3 heterocycles. The predicted molar refractivity (Wildman–Crippen MR) is 130 cm³/mol. The zero-order valence-electron chi connectivity index (χ0n) is 19.6. The Morgan fingerprint density at radius 2 is 1.83 bits per heavy atom. The minimum Gasteiger partial charge on any atom is -0.489 e. The first-order valence-corrected chi connectivity index (χ1v) is 12.7. The SMILES string of the molecule is O=C1CCC(=O)OC2(CNCCc3c2ccc(Cl)c3NCc2ccc(OC3CCCCC3)cn2)O1. The van der Waals surface area contributed by atoms with Gasteiger partial charge in [0.1, 0.15) is 5.75 Å². The molecule has 0 amide bonds. The van der Waals surface area contributed by atoms with E-state index >= 15 is 0 Å². The fourth-order valence-electron chi connectivity index (χ4n) is 5.00. The molecule has 0 unspecified atom stereocenters. The summed E-state index contributed by atoms with van der Waals surface area (Å²) in [5.74, 6) is -1.64. The lowest BCUT2D eigenvalue weighted by atomic mass is 9.96. The standard InChI is InChI=1S/C26H30ClN3O5/c27-22-9-8-21-20(12-13-28-16-26(21)34-23(31)10-11-24(32)35-26)25(22)30-14-17-6-7-19(15-29-17)33-18-4-2-1-3-5-18/h6-9,15,18,28,30H,1-5,10-14,16H2. The molecular weight excluding hydrogens is 470 g/mol. The Bertz CT molecular complexity index is 1070. The van der Waals surface area contributed by atoms with Crippen molar-refractivity contribution in [2.45, 2.75) is 69.8 Å². The van der Waals surface area contributed by atoms with E-state index in [1.807, 2.05) is 12.1 Å². The average molecular weight is 500 g/mol. The summed E-state index contributed by atoms with van der Waals surface area (Å²) in [6.07, 6.45) is 8.59. The highest BCUT2D eigenvalue weighted by Crippen LogP contribution is 2.40. The smallest absolute Gasteiger partial charge is 0.309 e. The Kier molecular flexibility index (Phi) is 7.11. The normalized spacial score (nSPS) is 20.3. The number of anilines is 1. The van der Waals surface area contributed by atoms with Crippen molar-refractivity contribution < 1.29 is 23.8 Å². The third-order valence-electron chi connectivity index (χ3n) is 6.77. The van der Waals surface area contributed by atoms with Crippen molar-refractivity contribution in [3.63, 3.8) is 0 Å². The van der Waals surface area contributed by atoms with Crippen molar-refractivity contribution in [1.29, 1.82) is 0 Å². The van der Waals surface area contributed by atoms with E-state index in [4.69, 9.17) is 25.8 Å². The van der Waals surface area contributed by atoms with Crippen molar-refractivity contribution >= 4 is 29.2 Å². The second kappa shape index (κ2) is 10.4. The summed E-state index contributed by atoms with van der Waals surface area (Å²) in [7, 11) is 0. The number of hydrogen-bond donors (Lipinski definition) is 2. The molecule has 5 rings (SSSR count). The van der Waals surface area contributed by atoms with Gasteiger partial charge in [-0.3, -0.25) is 14.6 Å². The van der Waals surface area contributed by atoms with Crippen LogP contribution in [0.25, 0.3) is 0 Å². The van der Waals surface area contributed by atoms with E-state index in [-0.39, 0.29) is 25.5 Å². The highest BCUT2D eigenvalue weighted by molar-refractivity contribution is 6.33. The molecule has 1 aromatic heterocycles. The van der Waals surface area contributed by atoms with Gasteiger partial charge in [-0.1, -0.05) is 18.0 Å². The van der Waals surface area contributed by atoms with Gasteiger partial charge in [-0.2, -0.15) is 0 Å². The number of esters is 2. The lowest BCUT2D eigenvalue weighted by Gasteiger charge is -2.32. The lowest BCUT2D eigenvalue weighted by molar-refractivity contribution is -0.225. The highest BCUT2D eigenvalue weighted by atomic mass is 35.5. The van der Waals surface area contributed by atoms with Crippen molar-refractivity contribution in [1.82, 2.24) is 10.3 Å². The molecule has 2 N–H and O–H groups in total. The van der Waals surface area contributed by atoms with Crippen LogP contribution in [-0.4, -0.2) is 36.1 Å². The van der Waals surface area contributed by atoms with Gasteiger partial charge in [-0.15, -0.1) is 0 Å². The van der Waals surface area contributed by atoms with Crippen LogP contribution in [0.4, 0.5) is 5.69 Å². The zero-order chi connectivity index (χ0) is 24.3. The van der Waals surface area contributed by atoms with Crippen LogP contribution in [0, 0.1) is 0 Å². The van der Waals surface area contributed by atoms with Crippen LogP contribution in [0.15, 0.2) is 30.5 Å². The zero-order valence-corrected chi connectivity index (χ0v) is 20.4. The molecule has 1 spiro atoms. The third kappa shape index (κ3) is 5.38. The fourth-order valence-corrected chi connectivity index (χ4v) is 5.25. The van der Waals surface area contributed by atoms with E-state index in [0.717, 1.165) is 29.8 Å². The summed E-state index contributed by atoms with van der Waals surface area (Å²) in [5, 5.41) is 7.17. The summed E-state index contributed by atoms with van der Waals surface area (Å²) >= 11 is 6.59. The highest BCUT2D eigenvalue weighted by Gasteiger charge is 2.46. The first kappa shape index (κ1) is 23.9. The molecule has 9 heteroatoms. The van der Waals surface area contributed by atoms with Crippen molar-refractivity contribution in [2.24, 2.45) is 0 Å². The largest absolute Gasteiger partial charge is 0.489 e. The van der Waals surface area contributed by atoms with Crippen LogP contribution >= 0.6 is 11.6 Å². The second-order valence-corrected chi connectivity index (χ2v) is 9.70. The molecule has 3 aliphatic rings. The molecule has 2 aromatic rings. The quantitative estimate of drug-likeness (QED) is 0.589. The Morgan fingerprint density at radius 1 is 1.06 bits per heavy atom. The topological polar surface area (TPSA) is 98.8 Å². The van der Waals surface area contributed by atoms with Crippen LogP contribution < -0.4 is 15.4 Å². The van der Waals surface area contributed by atoms with Crippen LogP contribution in [0.2, 0.25) is 5.02 Å². The van der Waals surface area contributed by atoms with Crippen molar-refractivity contribution in [3.05, 3.63) is 52.3 Å². The molecule has 8 nitrogen and oxygen atoms in total. The second-order valence-electron chi connectivity index (χ2n) is 9.29. The minimum atomic E-state index is -1.51. The minimum absolute atomic E-state index is 0.000733. The molecule has 0 bridgehead atoms. The Hall–Kier alpha value is -2.84. The number of hydrogen-bond acceptors (Lipinski definition) is 8. The van der Waals surface area contributed by atoms with Gasteiger partial charge in [0.2, 0.25) is 0 Å². The lowest BCUT2D eigenvalue weighted by Crippen LogP contribution is -2.43. The number of pyridine rings is 1. The van der Waals surface area contributed by atoms with E-state index in [2.05, 4.69) is 15.6 Å². The molecular formula is C26H30ClN3O5. The number of carbonyl (C=O) groups is 2. The summed E-state index contributed by atoms with van der Waals surface area (Å²) < 4.78 is 17.5. The number of rotatable bonds is 5. The molecule has 0 atom stereocenters. The number of carbonyl (C=O) groups excluding carboxylic acids is 2. The number of benzene rings is 1. The van der Waals surface area contributed by atoms with Gasteiger partial charge in [0, 0.05) is 5.56 Å². The number of ether oxygens (including phenoxy) is 3. The average Bonchev–Trinajstić information content (AvgIpc) is 3.12. The molecule has 2 aliphatic heterocycles. The van der Waals surface area contributed by atoms with Crippen LogP contribution in [-0.2, 0) is 37.8 Å². The van der Waals surface area contributed by atoms with E-state index in [1.165, 1.54) is 19.3 Å². The van der Waals surface area contributed by atoms with Gasteiger partial charge in [-0.25, -0.2) is 0 Å². The van der Waals surface area contributed by atoms with Crippen molar-refractivity contribution in [2.75, 3.05) is 18.4 Å². The maximum absolute atomic E-state index is 12.3. The molecule has 2 fully saturated rings.